The number of hydrogen-bond acceptors (Lipinski definition) is 2. The van der Waals surface area contributed by atoms with E-state index < -0.39 is 0 Å². The van der Waals surface area contributed by atoms with E-state index in [-0.39, 0.29) is 5.91 Å². The largest absolute Gasteiger partial charge is 0.344 e. The minimum absolute atomic E-state index is 0.275. The first-order chi connectivity index (χ1) is 8.72. The summed E-state index contributed by atoms with van der Waals surface area (Å²) in [5.41, 5.74) is 0. The lowest BCUT2D eigenvalue weighted by Gasteiger charge is -2.16. The minimum Gasteiger partial charge on any atom is -0.344 e. The predicted molar refractivity (Wildman–Crippen MR) is 78.7 cm³/mol. The lowest BCUT2D eigenvalue weighted by Crippen LogP contribution is -2.32. The van der Waals surface area contributed by atoms with E-state index >= 15 is 0 Å². The Kier molecular flexibility index (Phi) is 12.0. The highest BCUT2D eigenvalue weighted by Gasteiger charge is 2.06. The molecule has 0 aliphatic heterocycles. The topological polar surface area (TPSA) is 32.3 Å². The highest BCUT2D eigenvalue weighted by molar-refractivity contribution is 5.75. The first-order valence-corrected chi connectivity index (χ1v) is 7.21. The van der Waals surface area contributed by atoms with Crippen molar-refractivity contribution in [3.63, 3.8) is 0 Å². The van der Waals surface area contributed by atoms with Crippen LogP contribution in [-0.2, 0) is 4.79 Å². The molecule has 0 atom stereocenters. The molecule has 0 spiro atoms. The van der Waals surface area contributed by atoms with Crippen molar-refractivity contribution in [3.05, 3.63) is 12.7 Å². The van der Waals surface area contributed by atoms with Crippen molar-refractivity contribution in [2.75, 3.05) is 27.2 Å². The van der Waals surface area contributed by atoms with Gasteiger partial charge in [-0.3, -0.25) is 4.79 Å². The molecule has 106 valence electrons. The molecule has 1 N–H and O–H groups in total. The van der Waals surface area contributed by atoms with Crippen molar-refractivity contribution < 1.29 is 4.79 Å². The lowest BCUT2D eigenvalue weighted by molar-refractivity contribution is -0.129. The Morgan fingerprint density at radius 1 is 1.17 bits per heavy atom. The number of nitrogens with zero attached hydrogens (tertiary/aromatic N) is 1. The van der Waals surface area contributed by atoms with Gasteiger partial charge in [0.05, 0.1) is 0 Å². The van der Waals surface area contributed by atoms with Gasteiger partial charge >= 0.3 is 0 Å². The number of carbonyl (C=O) groups excluding carboxylic acids is 1. The maximum atomic E-state index is 11.7. The van der Waals surface area contributed by atoms with E-state index in [1.165, 1.54) is 32.1 Å². The Bertz CT molecular complexity index is 217. The number of allylic oxidation sites excluding steroid dienone is 1. The first-order valence-electron chi connectivity index (χ1n) is 7.21. The second kappa shape index (κ2) is 12.6. The Morgan fingerprint density at radius 3 is 2.39 bits per heavy atom. The Hall–Kier alpha value is -0.830. The zero-order valence-corrected chi connectivity index (χ0v) is 12.2. The summed E-state index contributed by atoms with van der Waals surface area (Å²) >= 11 is 0. The monoisotopic (exact) mass is 254 g/mol. The van der Waals surface area contributed by atoms with Gasteiger partial charge in [0.1, 0.15) is 0 Å². The van der Waals surface area contributed by atoms with Crippen LogP contribution < -0.4 is 5.32 Å². The number of rotatable bonds is 12. The van der Waals surface area contributed by atoms with E-state index in [4.69, 9.17) is 0 Å². The van der Waals surface area contributed by atoms with Crippen molar-refractivity contribution in [1.29, 1.82) is 0 Å². The molecule has 0 rings (SSSR count). The van der Waals surface area contributed by atoms with Crippen LogP contribution in [0.15, 0.2) is 12.7 Å². The van der Waals surface area contributed by atoms with E-state index in [0.717, 1.165) is 25.9 Å². The molecular weight excluding hydrogens is 224 g/mol. The van der Waals surface area contributed by atoms with Gasteiger partial charge in [-0.2, -0.15) is 0 Å². The molecule has 0 bridgehead atoms. The van der Waals surface area contributed by atoms with E-state index in [0.29, 0.717) is 6.42 Å². The fraction of sp³-hybridized carbons (Fsp3) is 0.800. The molecule has 0 aromatic rings. The molecule has 18 heavy (non-hydrogen) atoms. The van der Waals surface area contributed by atoms with Gasteiger partial charge in [0.25, 0.3) is 0 Å². The molecule has 0 aromatic heterocycles. The number of carbonyl (C=O) groups is 1. The summed E-state index contributed by atoms with van der Waals surface area (Å²) in [6, 6.07) is 0. The van der Waals surface area contributed by atoms with Gasteiger partial charge in [-0.25, -0.2) is 0 Å². The standard InChI is InChI=1S/C15H30N2O/c1-4-5-6-7-8-9-10-11-12-15(18)17(3)14-13-16-2/h4,16H,1,5-14H2,2-3H3. The molecule has 3 heteroatoms. The maximum absolute atomic E-state index is 11.7. The summed E-state index contributed by atoms with van der Waals surface area (Å²) in [7, 11) is 3.79. The second-order valence-corrected chi connectivity index (χ2v) is 4.87. The SMILES string of the molecule is C=CCCCCCCCCC(=O)N(C)CCNC. The van der Waals surface area contributed by atoms with Gasteiger partial charge < -0.3 is 10.2 Å². The Labute approximate surface area is 113 Å². The van der Waals surface area contributed by atoms with Gasteiger partial charge in [-0.05, 0) is 26.3 Å². The molecule has 0 heterocycles. The smallest absolute Gasteiger partial charge is 0.222 e. The molecule has 0 aliphatic carbocycles. The minimum atomic E-state index is 0.275. The summed E-state index contributed by atoms with van der Waals surface area (Å²) in [6.45, 7) is 5.39. The van der Waals surface area contributed by atoms with Crippen LogP contribution in [0.3, 0.4) is 0 Å². The Balaban J connectivity index is 3.31. The highest BCUT2D eigenvalue weighted by atomic mass is 16.2. The van der Waals surface area contributed by atoms with Crippen LogP contribution in [-0.4, -0.2) is 38.0 Å². The van der Waals surface area contributed by atoms with Gasteiger partial charge in [-0.15, -0.1) is 6.58 Å². The molecule has 0 fully saturated rings. The van der Waals surface area contributed by atoms with Crippen LogP contribution in [0.2, 0.25) is 0 Å². The Morgan fingerprint density at radius 2 is 1.78 bits per heavy atom. The quantitative estimate of drug-likeness (QED) is 0.429. The lowest BCUT2D eigenvalue weighted by atomic mass is 10.1. The van der Waals surface area contributed by atoms with Gasteiger partial charge in [0, 0.05) is 26.6 Å². The average Bonchev–Trinajstić information content (AvgIpc) is 2.38. The van der Waals surface area contributed by atoms with Crippen LogP contribution >= 0.6 is 0 Å². The fourth-order valence-corrected chi connectivity index (χ4v) is 1.87. The molecule has 0 unspecified atom stereocenters. The molecule has 1 amide bonds. The zero-order valence-electron chi connectivity index (χ0n) is 12.2. The number of hydrogen-bond donors (Lipinski definition) is 1. The molecular formula is C15H30N2O. The van der Waals surface area contributed by atoms with Crippen molar-refractivity contribution in [2.45, 2.75) is 51.4 Å². The highest BCUT2D eigenvalue weighted by Crippen LogP contribution is 2.09. The fourth-order valence-electron chi connectivity index (χ4n) is 1.87. The number of amides is 1. The van der Waals surface area contributed by atoms with Crippen LogP contribution in [0.4, 0.5) is 0 Å². The van der Waals surface area contributed by atoms with Crippen LogP contribution in [0.5, 0.6) is 0 Å². The molecule has 0 aromatic carbocycles. The third kappa shape index (κ3) is 10.3. The normalized spacial score (nSPS) is 10.3. The second-order valence-electron chi connectivity index (χ2n) is 4.87. The van der Waals surface area contributed by atoms with Crippen LogP contribution in [0, 0.1) is 0 Å². The van der Waals surface area contributed by atoms with Gasteiger partial charge in [-0.1, -0.05) is 31.8 Å². The third-order valence-electron chi connectivity index (χ3n) is 3.17. The summed E-state index contributed by atoms with van der Waals surface area (Å²) in [4.78, 5) is 13.5. The number of likely N-dealkylation sites (N-methyl/N-ethyl adjacent to an activating group) is 2. The zero-order chi connectivity index (χ0) is 13.6. The molecule has 0 saturated heterocycles. The summed E-state index contributed by atoms with van der Waals surface area (Å²) in [5, 5.41) is 3.05. The average molecular weight is 254 g/mol. The number of nitrogens with one attached hydrogen (secondary N) is 1. The van der Waals surface area contributed by atoms with Crippen molar-refractivity contribution in [1.82, 2.24) is 10.2 Å². The first kappa shape index (κ1) is 17.2. The van der Waals surface area contributed by atoms with Gasteiger partial charge in [0.15, 0.2) is 0 Å². The summed E-state index contributed by atoms with van der Waals surface area (Å²) < 4.78 is 0. The summed E-state index contributed by atoms with van der Waals surface area (Å²) in [6.07, 6.45) is 11.1. The number of unbranched alkanes of at least 4 members (excludes halogenated alkanes) is 6. The summed E-state index contributed by atoms with van der Waals surface area (Å²) in [5.74, 6) is 0.275. The molecule has 0 saturated carbocycles. The van der Waals surface area contributed by atoms with Crippen LogP contribution in [0.1, 0.15) is 51.4 Å². The van der Waals surface area contributed by atoms with E-state index in [9.17, 15) is 4.79 Å². The van der Waals surface area contributed by atoms with Crippen molar-refractivity contribution in [3.8, 4) is 0 Å². The van der Waals surface area contributed by atoms with E-state index in [1.54, 1.807) is 0 Å². The van der Waals surface area contributed by atoms with E-state index in [2.05, 4.69) is 11.9 Å². The maximum Gasteiger partial charge on any atom is 0.222 e. The van der Waals surface area contributed by atoms with Crippen LogP contribution in [0.25, 0.3) is 0 Å². The van der Waals surface area contributed by atoms with E-state index in [1.807, 2.05) is 25.1 Å². The molecule has 0 aliphatic rings. The van der Waals surface area contributed by atoms with Crippen molar-refractivity contribution >= 4 is 5.91 Å². The predicted octanol–water partition coefficient (Wildman–Crippen LogP) is 2.97. The third-order valence-corrected chi connectivity index (χ3v) is 3.17. The van der Waals surface area contributed by atoms with Crippen molar-refractivity contribution in [2.24, 2.45) is 0 Å². The molecule has 0 radical (unpaired) electrons. The van der Waals surface area contributed by atoms with Gasteiger partial charge in [0.2, 0.25) is 5.91 Å². The molecule has 3 nitrogen and oxygen atoms in total.